The Morgan fingerprint density at radius 3 is 3.29 bits per heavy atom. The van der Waals surface area contributed by atoms with Crippen LogP contribution < -0.4 is 0 Å². The van der Waals surface area contributed by atoms with Gasteiger partial charge >= 0.3 is 0 Å². The Labute approximate surface area is 84.2 Å². The molecule has 1 aromatic rings. The topological polar surface area (TPSA) is 37.4 Å². The number of rotatable bonds is 4. The van der Waals surface area contributed by atoms with Gasteiger partial charge in [-0.3, -0.25) is 0 Å². The van der Waals surface area contributed by atoms with Gasteiger partial charge in [-0.15, -0.1) is 0 Å². The van der Waals surface area contributed by atoms with E-state index in [0.29, 0.717) is 6.04 Å². The van der Waals surface area contributed by atoms with Crippen molar-refractivity contribution in [1.29, 1.82) is 0 Å². The van der Waals surface area contributed by atoms with Crippen molar-refractivity contribution in [1.82, 2.24) is 4.98 Å². The summed E-state index contributed by atoms with van der Waals surface area (Å²) in [5.41, 5.74) is 0.990. The van der Waals surface area contributed by atoms with E-state index in [0.717, 1.165) is 24.6 Å². The minimum atomic E-state index is 0.369. The molecule has 0 saturated carbocycles. The minimum absolute atomic E-state index is 0.369. The monoisotopic (exact) mass is 192 g/mol. The van der Waals surface area contributed by atoms with Crippen LogP contribution in [-0.4, -0.2) is 23.5 Å². The van der Waals surface area contributed by atoms with Crippen molar-refractivity contribution in [2.75, 3.05) is 6.61 Å². The summed E-state index contributed by atoms with van der Waals surface area (Å²) in [6.45, 7) is 2.94. The number of hydrogen-bond acceptors (Lipinski definition) is 2. The number of aromatic amines is 1. The van der Waals surface area contributed by atoms with Crippen molar-refractivity contribution in [3.05, 3.63) is 24.0 Å². The largest absolute Gasteiger partial charge is 0.474 e. The molecule has 0 amide bonds. The fraction of sp³-hybridized carbons (Fsp3) is 0.545. The molecule has 3 nitrogen and oxygen atoms in total. The Bertz CT molecular complexity index is 303. The molecule has 0 aromatic carbocycles. The number of aliphatic imine (C=N–C) groups is 1. The van der Waals surface area contributed by atoms with Crippen molar-refractivity contribution in [3.63, 3.8) is 0 Å². The second-order valence-corrected chi connectivity index (χ2v) is 3.63. The van der Waals surface area contributed by atoms with Crippen molar-refractivity contribution < 1.29 is 4.74 Å². The van der Waals surface area contributed by atoms with Crippen LogP contribution in [0.4, 0.5) is 0 Å². The summed E-state index contributed by atoms with van der Waals surface area (Å²) in [6, 6.07) is 4.31. The molecule has 0 bridgehead atoms. The van der Waals surface area contributed by atoms with E-state index in [2.05, 4.69) is 16.9 Å². The first-order valence-electron chi connectivity index (χ1n) is 5.24. The first kappa shape index (κ1) is 9.31. The summed E-state index contributed by atoms with van der Waals surface area (Å²) in [4.78, 5) is 7.63. The molecule has 1 atom stereocenters. The Morgan fingerprint density at radius 1 is 1.64 bits per heavy atom. The van der Waals surface area contributed by atoms with E-state index in [1.165, 1.54) is 12.8 Å². The normalized spacial score (nSPS) is 20.6. The van der Waals surface area contributed by atoms with Gasteiger partial charge in [-0.05, 0) is 18.6 Å². The van der Waals surface area contributed by atoms with E-state index in [4.69, 9.17) is 4.74 Å². The van der Waals surface area contributed by atoms with Crippen LogP contribution in [-0.2, 0) is 4.74 Å². The Morgan fingerprint density at radius 2 is 2.57 bits per heavy atom. The van der Waals surface area contributed by atoms with Gasteiger partial charge < -0.3 is 9.72 Å². The molecule has 1 aromatic heterocycles. The van der Waals surface area contributed by atoms with E-state index in [1.807, 2.05) is 18.3 Å². The lowest BCUT2D eigenvalue weighted by Gasteiger charge is -2.01. The molecule has 0 fully saturated rings. The Balaban J connectivity index is 1.96. The second-order valence-electron chi connectivity index (χ2n) is 3.63. The molecular formula is C11H16N2O. The van der Waals surface area contributed by atoms with Gasteiger partial charge in [0.05, 0.1) is 6.04 Å². The number of H-pyrrole nitrogens is 1. The van der Waals surface area contributed by atoms with Crippen molar-refractivity contribution in [2.24, 2.45) is 4.99 Å². The van der Waals surface area contributed by atoms with Gasteiger partial charge in [0.25, 0.3) is 0 Å². The molecular weight excluding hydrogens is 176 g/mol. The van der Waals surface area contributed by atoms with E-state index in [1.54, 1.807) is 0 Å². The smallest absolute Gasteiger partial charge is 0.233 e. The van der Waals surface area contributed by atoms with E-state index in [9.17, 15) is 0 Å². The van der Waals surface area contributed by atoms with Gasteiger partial charge in [-0.2, -0.15) is 0 Å². The number of hydrogen-bond donors (Lipinski definition) is 1. The molecule has 0 unspecified atom stereocenters. The predicted octanol–water partition coefficient (Wildman–Crippen LogP) is 2.35. The van der Waals surface area contributed by atoms with Crippen LogP contribution in [0.1, 0.15) is 31.9 Å². The van der Waals surface area contributed by atoms with Gasteiger partial charge in [0, 0.05) is 6.20 Å². The highest BCUT2D eigenvalue weighted by atomic mass is 16.5. The first-order chi connectivity index (χ1) is 6.90. The van der Waals surface area contributed by atoms with E-state index in [-0.39, 0.29) is 0 Å². The third-order valence-corrected chi connectivity index (χ3v) is 2.43. The zero-order chi connectivity index (χ0) is 9.80. The second kappa shape index (κ2) is 4.31. The maximum absolute atomic E-state index is 5.53. The number of aromatic nitrogens is 1. The quantitative estimate of drug-likeness (QED) is 0.781. The summed E-state index contributed by atoms with van der Waals surface area (Å²) in [5.74, 6) is 0.774. The summed E-state index contributed by atoms with van der Waals surface area (Å²) in [7, 11) is 0. The molecule has 1 aliphatic rings. The summed E-state index contributed by atoms with van der Waals surface area (Å²) < 4.78 is 5.53. The minimum Gasteiger partial charge on any atom is -0.474 e. The summed E-state index contributed by atoms with van der Waals surface area (Å²) in [5, 5.41) is 0. The molecule has 2 heterocycles. The van der Waals surface area contributed by atoms with Crippen LogP contribution in [0.3, 0.4) is 0 Å². The van der Waals surface area contributed by atoms with Gasteiger partial charge in [0.1, 0.15) is 12.3 Å². The van der Waals surface area contributed by atoms with Gasteiger partial charge in [-0.1, -0.05) is 19.8 Å². The molecule has 0 radical (unpaired) electrons. The van der Waals surface area contributed by atoms with Gasteiger partial charge in [-0.25, -0.2) is 4.99 Å². The van der Waals surface area contributed by atoms with Crippen LogP contribution in [0.5, 0.6) is 0 Å². The third-order valence-electron chi connectivity index (χ3n) is 2.43. The van der Waals surface area contributed by atoms with Crippen LogP contribution in [0.25, 0.3) is 0 Å². The maximum atomic E-state index is 5.53. The molecule has 0 saturated heterocycles. The standard InChI is InChI=1S/C11H16N2O/c1-2-3-5-9-8-14-11(13-9)10-6-4-7-12-10/h4,6-7,9,12H,2-3,5,8H2,1H3/t9-/m0/s1. The van der Waals surface area contributed by atoms with E-state index < -0.39 is 0 Å². The average molecular weight is 192 g/mol. The molecule has 14 heavy (non-hydrogen) atoms. The molecule has 3 heteroatoms. The Kier molecular flexibility index (Phi) is 2.87. The zero-order valence-corrected chi connectivity index (χ0v) is 8.49. The zero-order valence-electron chi connectivity index (χ0n) is 8.49. The van der Waals surface area contributed by atoms with Crippen molar-refractivity contribution in [2.45, 2.75) is 32.2 Å². The lowest BCUT2D eigenvalue weighted by atomic mass is 10.1. The SMILES string of the molecule is CCCC[C@H]1COC(c2ccc[nH]2)=N1. The maximum Gasteiger partial charge on any atom is 0.233 e. The molecule has 1 aliphatic heterocycles. The molecule has 76 valence electrons. The number of nitrogens with one attached hydrogen (secondary N) is 1. The highest BCUT2D eigenvalue weighted by Gasteiger charge is 2.19. The van der Waals surface area contributed by atoms with Crippen LogP contribution in [0, 0.1) is 0 Å². The number of ether oxygens (including phenoxy) is 1. The van der Waals surface area contributed by atoms with E-state index >= 15 is 0 Å². The molecule has 2 rings (SSSR count). The highest BCUT2D eigenvalue weighted by Crippen LogP contribution is 2.14. The van der Waals surface area contributed by atoms with Crippen LogP contribution >= 0.6 is 0 Å². The van der Waals surface area contributed by atoms with Gasteiger partial charge in [0.15, 0.2) is 0 Å². The summed E-state index contributed by atoms with van der Waals surface area (Å²) in [6.07, 6.45) is 5.49. The molecule has 1 N–H and O–H groups in total. The van der Waals surface area contributed by atoms with Crippen LogP contribution in [0.15, 0.2) is 23.3 Å². The van der Waals surface area contributed by atoms with Crippen molar-refractivity contribution in [3.8, 4) is 0 Å². The average Bonchev–Trinajstić information content (AvgIpc) is 2.85. The van der Waals surface area contributed by atoms with Crippen LogP contribution in [0.2, 0.25) is 0 Å². The first-order valence-corrected chi connectivity index (χ1v) is 5.24. The lowest BCUT2D eigenvalue weighted by Crippen LogP contribution is -2.05. The Hall–Kier alpha value is -1.25. The molecule has 0 spiro atoms. The molecule has 0 aliphatic carbocycles. The highest BCUT2D eigenvalue weighted by molar-refractivity contribution is 5.93. The van der Waals surface area contributed by atoms with Gasteiger partial charge in [0.2, 0.25) is 5.90 Å². The predicted molar refractivity (Wildman–Crippen MR) is 56.6 cm³/mol. The summed E-state index contributed by atoms with van der Waals surface area (Å²) >= 11 is 0. The third kappa shape index (κ3) is 1.97. The lowest BCUT2D eigenvalue weighted by molar-refractivity contribution is 0.309. The fourth-order valence-electron chi connectivity index (χ4n) is 1.61. The fourth-order valence-corrected chi connectivity index (χ4v) is 1.61. The number of unbranched alkanes of at least 4 members (excludes halogenated alkanes) is 1. The van der Waals surface area contributed by atoms with Crippen molar-refractivity contribution >= 4 is 5.90 Å². The number of nitrogens with zero attached hydrogens (tertiary/aromatic N) is 1.